The molecule has 1 amide bonds. The van der Waals surface area contributed by atoms with Crippen LogP contribution in [0.4, 0.5) is 5.69 Å². The van der Waals surface area contributed by atoms with E-state index in [9.17, 15) is 4.79 Å². The molecule has 5 heteroatoms. The van der Waals surface area contributed by atoms with Crippen LogP contribution >= 0.6 is 11.8 Å². The second-order valence-electron chi connectivity index (χ2n) is 7.35. The number of aryl methyl sites for hydroxylation is 2. The van der Waals surface area contributed by atoms with Gasteiger partial charge in [0, 0.05) is 0 Å². The average Bonchev–Trinajstić information content (AvgIpc) is 3.13. The molecule has 1 heterocycles. The molecule has 1 aliphatic rings. The first kappa shape index (κ1) is 20.9. The third kappa shape index (κ3) is 5.64. The fourth-order valence-electron chi connectivity index (χ4n) is 3.07. The van der Waals surface area contributed by atoms with E-state index < -0.39 is 0 Å². The van der Waals surface area contributed by atoms with Crippen LogP contribution in [0, 0.1) is 6.92 Å². The highest BCUT2D eigenvalue weighted by atomic mass is 32.2. The van der Waals surface area contributed by atoms with Crippen molar-refractivity contribution in [3.05, 3.63) is 100.0 Å². The van der Waals surface area contributed by atoms with Crippen LogP contribution in [-0.2, 0) is 17.8 Å². The van der Waals surface area contributed by atoms with Crippen molar-refractivity contribution in [2.24, 2.45) is 4.99 Å². The maximum Gasteiger partial charge on any atom is 0.264 e. The zero-order valence-corrected chi connectivity index (χ0v) is 18.4. The van der Waals surface area contributed by atoms with E-state index >= 15 is 0 Å². The lowest BCUT2D eigenvalue weighted by Gasteiger charge is -2.07. The van der Waals surface area contributed by atoms with Crippen molar-refractivity contribution in [2.45, 2.75) is 26.9 Å². The summed E-state index contributed by atoms with van der Waals surface area (Å²) in [7, 11) is 0. The van der Waals surface area contributed by atoms with Crippen LogP contribution in [0.5, 0.6) is 5.75 Å². The summed E-state index contributed by atoms with van der Waals surface area (Å²) in [5.41, 5.74) is 5.40. The fourth-order valence-corrected chi connectivity index (χ4v) is 3.91. The van der Waals surface area contributed by atoms with Gasteiger partial charge in [0.2, 0.25) is 0 Å². The third-order valence-electron chi connectivity index (χ3n) is 4.93. The third-order valence-corrected chi connectivity index (χ3v) is 5.84. The highest BCUT2D eigenvalue weighted by Crippen LogP contribution is 2.28. The summed E-state index contributed by atoms with van der Waals surface area (Å²) in [6, 6.07) is 24.1. The van der Waals surface area contributed by atoms with Gasteiger partial charge in [0.1, 0.15) is 12.4 Å². The standard InChI is InChI=1S/C26H24N2O2S/c1-3-19-8-12-22(13-9-19)27-26-28-25(29)24(31-26)16-20-10-14-23(15-11-20)30-17-21-6-4-18(2)5-7-21/h4-16H,3,17H2,1-2H3,(H,27,28,29). The van der Waals surface area contributed by atoms with E-state index in [4.69, 9.17) is 4.74 Å². The first-order valence-corrected chi connectivity index (χ1v) is 11.1. The molecule has 0 spiro atoms. The summed E-state index contributed by atoms with van der Waals surface area (Å²) in [5.74, 6) is 0.664. The van der Waals surface area contributed by atoms with E-state index in [0.29, 0.717) is 16.7 Å². The molecule has 4 rings (SSSR count). The normalized spacial score (nSPS) is 16.0. The number of aliphatic imine (C=N–C) groups is 1. The Morgan fingerprint density at radius 1 is 0.935 bits per heavy atom. The first-order valence-electron chi connectivity index (χ1n) is 10.3. The summed E-state index contributed by atoms with van der Waals surface area (Å²) in [6.45, 7) is 4.71. The van der Waals surface area contributed by atoms with Crippen LogP contribution in [0.1, 0.15) is 29.2 Å². The molecular formula is C26H24N2O2S. The molecule has 0 radical (unpaired) electrons. The lowest BCUT2D eigenvalue weighted by atomic mass is 10.1. The Morgan fingerprint density at radius 3 is 2.29 bits per heavy atom. The lowest BCUT2D eigenvalue weighted by molar-refractivity contribution is -0.115. The van der Waals surface area contributed by atoms with Gasteiger partial charge in [0.15, 0.2) is 5.17 Å². The minimum atomic E-state index is -0.131. The van der Waals surface area contributed by atoms with Gasteiger partial charge in [0.05, 0.1) is 10.6 Å². The van der Waals surface area contributed by atoms with Gasteiger partial charge in [-0.1, -0.05) is 61.0 Å². The van der Waals surface area contributed by atoms with Gasteiger partial charge in [-0.3, -0.25) is 4.79 Å². The van der Waals surface area contributed by atoms with Crippen molar-refractivity contribution in [1.29, 1.82) is 0 Å². The molecule has 31 heavy (non-hydrogen) atoms. The number of benzene rings is 3. The Hall–Kier alpha value is -3.31. The van der Waals surface area contributed by atoms with Gasteiger partial charge in [-0.25, -0.2) is 4.99 Å². The number of carbonyl (C=O) groups is 1. The van der Waals surface area contributed by atoms with Crippen LogP contribution in [-0.4, -0.2) is 11.1 Å². The smallest absolute Gasteiger partial charge is 0.264 e. The Balaban J connectivity index is 1.39. The Labute approximate surface area is 187 Å². The Morgan fingerprint density at radius 2 is 1.61 bits per heavy atom. The number of rotatable bonds is 6. The van der Waals surface area contributed by atoms with Gasteiger partial charge in [-0.2, -0.15) is 0 Å². The summed E-state index contributed by atoms with van der Waals surface area (Å²) in [6.07, 6.45) is 2.86. The number of ether oxygens (including phenoxy) is 1. The minimum absolute atomic E-state index is 0.131. The van der Waals surface area contributed by atoms with Crippen molar-refractivity contribution in [2.75, 3.05) is 0 Å². The Bertz CT molecular complexity index is 1120. The summed E-state index contributed by atoms with van der Waals surface area (Å²) < 4.78 is 5.85. The van der Waals surface area contributed by atoms with Crippen LogP contribution in [0.3, 0.4) is 0 Å². The topological polar surface area (TPSA) is 50.7 Å². The molecule has 0 unspecified atom stereocenters. The van der Waals surface area contributed by atoms with Crippen molar-refractivity contribution < 1.29 is 9.53 Å². The SMILES string of the molecule is CCc1ccc(N=C2NC(=O)C(=Cc3ccc(OCc4ccc(C)cc4)cc3)S2)cc1. The van der Waals surface area contributed by atoms with Crippen LogP contribution in [0.25, 0.3) is 6.08 Å². The second kappa shape index (κ2) is 9.67. The first-order chi connectivity index (χ1) is 15.1. The quantitative estimate of drug-likeness (QED) is 0.488. The summed E-state index contributed by atoms with van der Waals surface area (Å²) in [5, 5.41) is 3.43. The van der Waals surface area contributed by atoms with E-state index in [1.165, 1.54) is 22.9 Å². The lowest BCUT2D eigenvalue weighted by Crippen LogP contribution is -2.19. The highest BCUT2D eigenvalue weighted by Gasteiger charge is 2.23. The van der Waals surface area contributed by atoms with Gasteiger partial charge in [-0.05, 0) is 72.1 Å². The second-order valence-corrected chi connectivity index (χ2v) is 8.38. The zero-order chi connectivity index (χ0) is 21.6. The molecule has 156 valence electrons. The molecule has 0 bridgehead atoms. The molecule has 0 aromatic heterocycles. The van der Waals surface area contributed by atoms with Gasteiger partial charge in [-0.15, -0.1) is 0 Å². The molecule has 0 atom stereocenters. The summed E-state index contributed by atoms with van der Waals surface area (Å²) >= 11 is 1.35. The number of thioether (sulfide) groups is 1. The molecule has 1 aliphatic heterocycles. The maximum absolute atomic E-state index is 12.3. The number of amidine groups is 1. The largest absolute Gasteiger partial charge is 0.489 e. The number of amides is 1. The molecule has 1 fully saturated rings. The number of nitrogens with zero attached hydrogens (tertiary/aromatic N) is 1. The maximum atomic E-state index is 12.3. The predicted molar refractivity (Wildman–Crippen MR) is 129 cm³/mol. The van der Waals surface area contributed by atoms with Crippen molar-refractivity contribution >= 4 is 34.6 Å². The molecular weight excluding hydrogens is 404 g/mol. The van der Waals surface area contributed by atoms with E-state index in [2.05, 4.69) is 60.6 Å². The monoisotopic (exact) mass is 428 g/mol. The van der Waals surface area contributed by atoms with Crippen LogP contribution in [0.2, 0.25) is 0 Å². The summed E-state index contributed by atoms with van der Waals surface area (Å²) in [4.78, 5) is 17.5. The average molecular weight is 429 g/mol. The molecule has 1 N–H and O–H groups in total. The molecule has 3 aromatic carbocycles. The van der Waals surface area contributed by atoms with E-state index in [0.717, 1.165) is 29.0 Å². The zero-order valence-electron chi connectivity index (χ0n) is 17.6. The van der Waals surface area contributed by atoms with E-state index in [1.807, 2.05) is 42.5 Å². The number of carbonyl (C=O) groups excluding carboxylic acids is 1. The Kier molecular flexibility index (Phi) is 6.53. The fraction of sp³-hybridized carbons (Fsp3) is 0.154. The molecule has 1 saturated heterocycles. The number of nitrogens with one attached hydrogen (secondary N) is 1. The van der Waals surface area contributed by atoms with E-state index in [1.54, 1.807) is 0 Å². The highest BCUT2D eigenvalue weighted by molar-refractivity contribution is 8.18. The van der Waals surface area contributed by atoms with Gasteiger partial charge in [0.25, 0.3) is 5.91 Å². The minimum Gasteiger partial charge on any atom is -0.489 e. The number of hydrogen-bond acceptors (Lipinski definition) is 4. The van der Waals surface area contributed by atoms with Crippen molar-refractivity contribution in [3.63, 3.8) is 0 Å². The van der Waals surface area contributed by atoms with Crippen LogP contribution in [0.15, 0.2) is 82.7 Å². The van der Waals surface area contributed by atoms with Crippen LogP contribution < -0.4 is 10.1 Å². The van der Waals surface area contributed by atoms with Crippen molar-refractivity contribution in [1.82, 2.24) is 5.32 Å². The predicted octanol–water partition coefficient (Wildman–Crippen LogP) is 6.03. The van der Waals surface area contributed by atoms with Gasteiger partial charge >= 0.3 is 0 Å². The van der Waals surface area contributed by atoms with Crippen molar-refractivity contribution in [3.8, 4) is 5.75 Å². The molecule has 0 aliphatic carbocycles. The molecule has 3 aromatic rings. The molecule has 4 nitrogen and oxygen atoms in total. The van der Waals surface area contributed by atoms with E-state index in [-0.39, 0.29) is 5.91 Å². The molecule has 0 saturated carbocycles. The van der Waals surface area contributed by atoms with Gasteiger partial charge < -0.3 is 10.1 Å². The number of hydrogen-bond donors (Lipinski definition) is 1.